The van der Waals surface area contributed by atoms with Crippen molar-refractivity contribution in [2.24, 2.45) is 0 Å². The minimum Gasteiger partial charge on any atom is -0.482 e. The van der Waals surface area contributed by atoms with Gasteiger partial charge in [-0.15, -0.1) is 0 Å². The van der Waals surface area contributed by atoms with Gasteiger partial charge in [0.05, 0.1) is 17.3 Å². The summed E-state index contributed by atoms with van der Waals surface area (Å²) >= 11 is 5.79. The van der Waals surface area contributed by atoms with E-state index in [-0.39, 0.29) is 12.4 Å². The Kier molecular flexibility index (Phi) is 8.13. The van der Waals surface area contributed by atoms with Gasteiger partial charge >= 0.3 is 5.97 Å². The molecule has 2 aromatic carbocycles. The topological polar surface area (TPSA) is 69.7 Å². The lowest BCUT2D eigenvalue weighted by Gasteiger charge is -2.07. The highest BCUT2D eigenvalue weighted by Gasteiger charge is 2.13. The summed E-state index contributed by atoms with van der Waals surface area (Å²) in [5, 5.41) is 0.517. The van der Waals surface area contributed by atoms with E-state index in [9.17, 15) is 13.2 Å². The van der Waals surface area contributed by atoms with E-state index >= 15 is 0 Å². The Balaban J connectivity index is 1.75. The van der Waals surface area contributed by atoms with Crippen LogP contribution in [0.4, 0.5) is 0 Å². The van der Waals surface area contributed by atoms with Crippen LogP contribution in [-0.2, 0) is 25.8 Å². The summed E-state index contributed by atoms with van der Waals surface area (Å²) in [5.74, 6) is 0.302. The smallest absolute Gasteiger partial charge is 0.344 e. The van der Waals surface area contributed by atoms with Gasteiger partial charge in [-0.25, -0.2) is 13.2 Å². The predicted molar refractivity (Wildman–Crippen MR) is 105 cm³/mol. The molecule has 0 unspecified atom stereocenters. The molecule has 27 heavy (non-hydrogen) atoms. The Morgan fingerprint density at radius 2 is 1.67 bits per heavy atom. The van der Waals surface area contributed by atoms with Crippen molar-refractivity contribution in [3.63, 3.8) is 0 Å². The number of esters is 1. The number of aryl methyl sites for hydroxylation is 1. The first-order valence-electron chi connectivity index (χ1n) is 8.76. The van der Waals surface area contributed by atoms with Crippen LogP contribution in [-0.4, -0.2) is 33.4 Å². The molecule has 5 nitrogen and oxygen atoms in total. The largest absolute Gasteiger partial charge is 0.482 e. The highest BCUT2D eigenvalue weighted by atomic mass is 35.5. The maximum atomic E-state index is 12.3. The van der Waals surface area contributed by atoms with Crippen molar-refractivity contribution in [3.05, 3.63) is 59.1 Å². The van der Waals surface area contributed by atoms with E-state index in [1.54, 1.807) is 31.2 Å². The van der Waals surface area contributed by atoms with Crippen LogP contribution in [0.3, 0.4) is 0 Å². The van der Waals surface area contributed by atoms with Crippen molar-refractivity contribution in [1.82, 2.24) is 0 Å². The Bertz CT molecular complexity index is 830. The van der Waals surface area contributed by atoms with E-state index in [2.05, 4.69) is 0 Å². The number of sulfone groups is 1. The van der Waals surface area contributed by atoms with E-state index < -0.39 is 15.8 Å². The van der Waals surface area contributed by atoms with E-state index in [1.165, 1.54) is 12.1 Å². The molecule has 0 aromatic heterocycles. The van der Waals surface area contributed by atoms with E-state index in [0.29, 0.717) is 28.7 Å². The molecule has 0 aliphatic carbocycles. The second-order valence-corrected chi connectivity index (χ2v) is 8.51. The maximum absolute atomic E-state index is 12.3. The Labute approximate surface area is 165 Å². The quantitative estimate of drug-likeness (QED) is 0.436. The number of ether oxygens (including phenoxy) is 2. The average Bonchev–Trinajstić information content (AvgIpc) is 2.65. The number of rotatable bonds is 10. The first-order chi connectivity index (χ1) is 12.9. The van der Waals surface area contributed by atoms with Crippen LogP contribution in [0, 0.1) is 0 Å². The molecule has 0 fully saturated rings. The van der Waals surface area contributed by atoms with Crippen molar-refractivity contribution in [2.75, 3.05) is 19.0 Å². The normalized spacial score (nSPS) is 11.2. The zero-order valence-electron chi connectivity index (χ0n) is 15.2. The summed E-state index contributed by atoms with van der Waals surface area (Å²) in [6, 6.07) is 13.6. The fourth-order valence-electron chi connectivity index (χ4n) is 2.48. The summed E-state index contributed by atoms with van der Waals surface area (Å²) < 4.78 is 34.7. The number of benzene rings is 2. The van der Waals surface area contributed by atoms with Crippen LogP contribution >= 0.6 is 11.6 Å². The highest BCUT2D eigenvalue weighted by molar-refractivity contribution is 7.91. The number of halogens is 1. The van der Waals surface area contributed by atoms with Gasteiger partial charge in [0.15, 0.2) is 16.4 Å². The van der Waals surface area contributed by atoms with E-state index in [1.807, 2.05) is 12.1 Å². The van der Waals surface area contributed by atoms with Gasteiger partial charge in [0, 0.05) is 5.02 Å². The second kappa shape index (κ2) is 10.3. The van der Waals surface area contributed by atoms with Crippen molar-refractivity contribution in [3.8, 4) is 5.75 Å². The second-order valence-electron chi connectivity index (χ2n) is 5.97. The zero-order chi connectivity index (χ0) is 19.7. The third kappa shape index (κ3) is 7.23. The van der Waals surface area contributed by atoms with Crippen LogP contribution in [0.15, 0.2) is 53.4 Å². The summed E-state index contributed by atoms with van der Waals surface area (Å²) in [5.41, 5.74) is 1.09. The molecule has 0 heterocycles. The van der Waals surface area contributed by atoms with E-state index in [4.69, 9.17) is 21.1 Å². The Hall–Kier alpha value is -2.05. The minimum atomic E-state index is -3.28. The third-order valence-corrected chi connectivity index (χ3v) is 5.96. The molecule has 0 spiro atoms. The van der Waals surface area contributed by atoms with Crippen LogP contribution in [0.25, 0.3) is 0 Å². The molecule has 0 N–H and O–H groups in total. The van der Waals surface area contributed by atoms with Gasteiger partial charge < -0.3 is 9.47 Å². The molecule has 146 valence electrons. The fraction of sp³-hybridized carbons (Fsp3) is 0.350. The molecule has 0 saturated carbocycles. The number of hydrogen-bond donors (Lipinski definition) is 0. The molecular formula is C20H23ClO5S. The predicted octanol–water partition coefficient (Wildman–Crippen LogP) is 4.08. The Morgan fingerprint density at radius 3 is 2.30 bits per heavy atom. The van der Waals surface area contributed by atoms with Gasteiger partial charge in [-0.3, -0.25) is 0 Å². The molecule has 2 rings (SSSR count). The lowest BCUT2D eigenvalue weighted by Crippen LogP contribution is -2.14. The maximum Gasteiger partial charge on any atom is 0.344 e. The summed E-state index contributed by atoms with van der Waals surface area (Å²) in [6.45, 7) is 1.96. The van der Waals surface area contributed by atoms with Gasteiger partial charge in [0.25, 0.3) is 0 Å². The van der Waals surface area contributed by atoms with Crippen molar-refractivity contribution < 1.29 is 22.7 Å². The highest BCUT2D eigenvalue weighted by Crippen LogP contribution is 2.18. The van der Waals surface area contributed by atoms with Crippen molar-refractivity contribution in [2.45, 2.75) is 31.1 Å². The third-order valence-electron chi connectivity index (χ3n) is 3.89. The molecule has 0 aliphatic rings. The molecule has 0 aliphatic heterocycles. The lowest BCUT2D eigenvalue weighted by molar-refractivity contribution is -0.145. The molecule has 0 bridgehead atoms. The molecule has 0 amide bonds. The van der Waals surface area contributed by atoms with Gasteiger partial charge in [0.1, 0.15) is 5.75 Å². The molecular weight excluding hydrogens is 388 g/mol. The number of hydrogen-bond acceptors (Lipinski definition) is 5. The Morgan fingerprint density at radius 1 is 1.00 bits per heavy atom. The van der Waals surface area contributed by atoms with Crippen LogP contribution in [0.1, 0.15) is 25.3 Å². The SMILES string of the molecule is CCOC(=O)COc1ccc(CCCCS(=O)(=O)c2ccc(Cl)cc2)cc1. The molecule has 0 saturated heterocycles. The van der Waals surface area contributed by atoms with E-state index in [0.717, 1.165) is 18.4 Å². The standard InChI is InChI=1S/C20H23ClO5S/c1-2-25-20(22)15-26-18-10-6-16(7-11-18)5-3-4-14-27(23,24)19-12-8-17(21)9-13-19/h6-13H,2-5,14-15H2,1H3. The molecule has 0 atom stereocenters. The van der Waals surface area contributed by atoms with Crippen LogP contribution < -0.4 is 4.74 Å². The van der Waals surface area contributed by atoms with Gasteiger partial charge in [-0.05, 0) is 68.1 Å². The summed E-state index contributed by atoms with van der Waals surface area (Å²) in [4.78, 5) is 11.6. The molecule has 0 radical (unpaired) electrons. The van der Waals surface area contributed by atoms with Crippen molar-refractivity contribution in [1.29, 1.82) is 0 Å². The fourth-order valence-corrected chi connectivity index (χ4v) is 3.97. The monoisotopic (exact) mass is 410 g/mol. The van der Waals surface area contributed by atoms with Crippen LogP contribution in [0.5, 0.6) is 5.75 Å². The van der Waals surface area contributed by atoms with Crippen molar-refractivity contribution >= 4 is 27.4 Å². The number of unbranched alkanes of at least 4 members (excludes halogenated alkanes) is 1. The lowest BCUT2D eigenvalue weighted by atomic mass is 10.1. The number of carbonyl (C=O) groups excluding carboxylic acids is 1. The summed E-state index contributed by atoms with van der Waals surface area (Å²) in [7, 11) is -3.28. The average molecular weight is 411 g/mol. The first kappa shape index (κ1) is 21.3. The van der Waals surface area contributed by atoms with Gasteiger partial charge in [-0.2, -0.15) is 0 Å². The van der Waals surface area contributed by atoms with Gasteiger partial charge in [0.2, 0.25) is 0 Å². The number of carbonyl (C=O) groups is 1. The van der Waals surface area contributed by atoms with Gasteiger partial charge in [-0.1, -0.05) is 23.7 Å². The molecule has 2 aromatic rings. The zero-order valence-corrected chi connectivity index (χ0v) is 16.8. The summed E-state index contributed by atoms with van der Waals surface area (Å²) in [6.07, 6.45) is 2.11. The molecule has 7 heteroatoms. The first-order valence-corrected chi connectivity index (χ1v) is 10.8. The van der Waals surface area contributed by atoms with Crippen LogP contribution in [0.2, 0.25) is 5.02 Å². The minimum absolute atomic E-state index is 0.107.